The van der Waals surface area contributed by atoms with Gasteiger partial charge < -0.3 is 13.6 Å². The number of hydrogen-bond donors (Lipinski definition) is 0. The fourth-order valence-corrected chi connectivity index (χ4v) is 7.12. The number of rotatable bonds is 5. The molecule has 0 amide bonds. The van der Waals surface area contributed by atoms with Crippen LogP contribution < -0.4 is 0 Å². The second kappa shape index (κ2) is 9.37. The number of benzene rings is 6. The Bertz CT molecular complexity index is 2490. The average Bonchev–Trinajstić information content (AvgIpc) is 3.70. The van der Waals surface area contributed by atoms with Gasteiger partial charge in [-0.3, -0.25) is 0 Å². The number of aryl methyl sites for hydroxylation is 1. The third kappa shape index (κ3) is 3.55. The second-order valence-electron chi connectivity index (χ2n) is 11.6. The van der Waals surface area contributed by atoms with E-state index in [9.17, 15) is 0 Å². The number of furan rings is 1. The van der Waals surface area contributed by atoms with Gasteiger partial charge in [0.1, 0.15) is 11.2 Å². The van der Waals surface area contributed by atoms with Crippen LogP contribution in [-0.2, 0) is 6.42 Å². The van der Waals surface area contributed by atoms with Crippen LogP contribution in [0.3, 0.4) is 0 Å². The summed E-state index contributed by atoms with van der Waals surface area (Å²) >= 11 is 0. The highest BCUT2D eigenvalue weighted by Gasteiger charge is 2.21. The molecule has 0 atom stereocenters. The van der Waals surface area contributed by atoms with Crippen molar-refractivity contribution in [1.82, 2.24) is 9.13 Å². The Hall–Kier alpha value is -5.28. The minimum absolute atomic E-state index is 0.922. The first kappa shape index (κ1) is 24.3. The fourth-order valence-electron chi connectivity index (χ4n) is 7.12. The molecule has 0 unspecified atom stereocenters. The summed E-state index contributed by atoms with van der Waals surface area (Å²) in [6, 6.07) is 46.2. The molecule has 0 fully saturated rings. The van der Waals surface area contributed by atoms with E-state index in [1.807, 2.05) is 0 Å². The first-order valence-electron chi connectivity index (χ1n) is 15.3. The summed E-state index contributed by atoms with van der Waals surface area (Å²) in [6.07, 6.45) is 3.48. The molecule has 0 aliphatic rings. The number of aromatic nitrogens is 2. The van der Waals surface area contributed by atoms with Gasteiger partial charge in [-0.2, -0.15) is 0 Å². The van der Waals surface area contributed by atoms with Crippen LogP contribution in [0.1, 0.15) is 25.3 Å². The highest BCUT2D eigenvalue weighted by molar-refractivity contribution is 6.26. The molecule has 9 rings (SSSR count). The van der Waals surface area contributed by atoms with Crippen LogP contribution in [0, 0.1) is 0 Å². The van der Waals surface area contributed by atoms with Crippen LogP contribution in [0.15, 0.2) is 132 Å². The van der Waals surface area contributed by atoms with Crippen molar-refractivity contribution in [1.29, 1.82) is 0 Å². The predicted octanol–water partition coefficient (Wildman–Crippen LogP) is 11.1. The monoisotopic (exact) mass is 554 g/mol. The lowest BCUT2D eigenvalue weighted by Gasteiger charge is -2.10. The summed E-state index contributed by atoms with van der Waals surface area (Å²) in [7, 11) is 0. The Morgan fingerprint density at radius 2 is 1.19 bits per heavy atom. The van der Waals surface area contributed by atoms with Gasteiger partial charge in [-0.25, -0.2) is 0 Å². The summed E-state index contributed by atoms with van der Waals surface area (Å²) in [5, 5.41) is 7.38. The maximum atomic E-state index is 6.51. The van der Waals surface area contributed by atoms with Crippen molar-refractivity contribution in [3.8, 4) is 11.4 Å². The van der Waals surface area contributed by atoms with Gasteiger partial charge in [0.05, 0.1) is 22.1 Å². The normalized spacial score (nSPS) is 12.1. The number of unbranched alkanes of at least 4 members (excludes halogenated alkanes) is 1. The minimum atomic E-state index is 0.922. The average molecular weight is 555 g/mol. The maximum absolute atomic E-state index is 6.51. The van der Waals surface area contributed by atoms with Crippen molar-refractivity contribution in [3.63, 3.8) is 0 Å². The molecule has 0 radical (unpaired) electrons. The first-order chi connectivity index (χ1) is 21.3. The molecule has 0 saturated heterocycles. The van der Waals surface area contributed by atoms with E-state index in [0.717, 1.165) is 28.7 Å². The van der Waals surface area contributed by atoms with E-state index < -0.39 is 0 Å². The molecule has 206 valence electrons. The van der Waals surface area contributed by atoms with Crippen LogP contribution in [0.25, 0.3) is 76.9 Å². The predicted molar refractivity (Wildman–Crippen MR) is 181 cm³/mol. The van der Waals surface area contributed by atoms with E-state index in [-0.39, 0.29) is 0 Å². The highest BCUT2D eigenvalue weighted by Crippen LogP contribution is 2.42. The molecule has 9 aromatic rings. The van der Waals surface area contributed by atoms with E-state index in [1.165, 1.54) is 73.1 Å². The summed E-state index contributed by atoms with van der Waals surface area (Å²) in [5.74, 6) is 0. The summed E-state index contributed by atoms with van der Waals surface area (Å²) < 4.78 is 11.3. The Labute approximate surface area is 249 Å². The highest BCUT2D eigenvalue weighted by atomic mass is 16.3. The van der Waals surface area contributed by atoms with Gasteiger partial charge in [0.25, 0.3) is 0 Å². The summed E-state index contributed by atoms with van der Waals surface area (Å²) in [4.78, 5) is 0. The van der Waals surface area contributed by atoms with Crippen LogP contribution >= 0.6 is 0 Å². The molecule has 0 spiro atoms. The van der Waals surface area contributed by atoms with Crippen molar-refractivity contribution in [3.05, 3.63) is 133 Å². The van der Waals surface area contributed by atoms with E-state index in [1.54, 1.807) is 0 Å². The summed E-state index contributed by atoms with van der Waals surface area (Å²) in [6.45, 7) is 2.24. The zero-order valence-electron chi connectivity index (χ0n) is 24.0. The summed E-state index contributed by atoms with van der Waals surface area (Å²) in [5.41, 5.74) is 10.3. The molecule has 0 bridgehead atoms. The molecule has 3 nitrogen and oxygen atoms in total. The number of para-hydroxylation sites is 3. The quantitative estimate of drug-likeness (QED) is 0.207. The zero-order valence-corrected chi connectivity index (χ0v) is 24.0. The van der Waals surface area contributed by atoms with Crippen LogP contribution in [-0.4, -0.2) is 9.13 Å². The van der Waals surface area contributed by atoms with Crippen molar-refractivity contribution in [2.45, 2.75) is 26.2 Å². The Morgan fingerprint density at radius 3 is 2.00 bits per heavy atom. The molecule has 0 saturated carbocycles. The van der Waals surface area contributed by atoms with Crippen LogP contribution in [0.4, 0.5) is 0 Å². The van der Waals surface area contributed by atoms with Crippen molar-refractivity contribution < 1.29 is 4.42 Å². The molecule has 0 N–H and O–H groups in total. The van der Waals surface area contributed by atoms with E-state index >= 15 is 0 Å². The number of nitrogens with zero attached hydrogens (tertiary/aromatic N) is 2. The van der Waals surface area contributed by atoms with E-state index in [0.29, 0.717) is 0 Å². The Kier molecular flexibility index (Phi) is 5.30. The Balaban J connectivity index is 1.35. The molecule has 43 heavy (non-hydrogen) atoms. The van der Waals surface area contributed by atoms with Crippen molar-refractivity contribution >= 4 is 65.6 Å². The largest absolute Gasteiger partial charge is 0.456 e. The molecule has 0 aliphatic heterocycles. The van der Waals surface area contributed by atoms with E-state index in [2.05, 4.69) is 143 Å². The van der Waals surface area contributed by atoms with Gasteiger partial charge in [0, 0.05) is 49.8 Å². The van der Waals surface area contributed by atoms with Crippen LogP contribution in [0.5, 0.6) is 0 Å². The van der Waals surface area contributed by atoms with Crippen molar-refractivity contribution in [2.24, 2.45) is 0 Å². The van der Waals surface area contributed by atoms with Gasteiger partial charge >= 0.3 is 0 Å². The van der Waals surface area contributed by atoms with Gasteiger partial charge in [0.15, 0.2) is 0 Å². The lowest BCUT2D eigenvalue weighted by molar-refractivity contribution is 0.667. The third-order valence-corrected chi connectivity index (χ3v) is 9.08. The molecule has 3 aromatic heterocycles. The van der Waals surface area contributed by atoms with Crippen LogP contribution in [0.2, 0.25) is 0 Å². The topological polar surface area (TPSA) is 23.0 Å². The SMILES string of the molecule is CCCCc1ccc2c(c1)oc1cc(-n3c4ccccc4c4c3ccc3c5ccccc5n(-c5ccccc5)c34)ccc12. The lowest BCUT2D eigenvalue weighted by atomic mass is 10.1. The molecule has 3 heteroatoms. The minimum Gasteiger partial charge on any atom is -0.456 e. The molecule has 6 aromatic carbocycles. The maximum Gasteiger partial charge on any atom is 0.137 e. The van der Waals surface area contributed by atoms with E-state index in [4.69, 9.17) is 4.42 Å². The van der Waals surface area contributed by atoms with Crippen molar-refractivity contribution in [2.75, 3.05) is 0 Å². The van der Waals surface area contributed by atoms with Gasteiger partial charge in [0.2, 0.25) is 0 Å². The first-order valence-corrected chi connectivity index (χ1v) is 15.3. The zero-order chi connectivity index (χ0) is 28.5. The molecular formula is C40H30N2O. The molecular weight excluding hydrogens is 524 g/mol. The van der Waals surface area contributed by atoms with Gasteiger partial charge in [-0.05, 0) is 66.9 Å². The second-order valence-corrected chi connectivity index (χ2v) is 11.6. The lowest BCUT2D eigenvalue weighted by Crippen LogP contribution is -1.95. The molecule has 3 heterocycles. The standard InChI is InChI=1S/C40H30N2O/c1-2-3-11-26-18-20-30-31-21-19-28(25-38(31)43-37(30)24-26)41-35-17-10-8-15-33(35)39-36(41)23-22-32-29-14-7-9-16-34(29)42(40(32)39)27-12-5-4-6-13-27/h4-10,12-25H,2-3,11H2,1H3. The van der Waals surface area contributed by atoms with Gasteiger partial charge in [-0.15, -0.1) is 0 Å². The smallest absolute Gasteiger partial charge is 0.137 e. The third-order valence-electron chi connectivity index (χ3n) is 9.08. The van der Waals surface area contributed by atoms with Gasteiger partial charge in [-0.1, -0.05) is 86.1 Å². The Morgan fingerprint density at radius 1 is 0.512 bits per heavy atom. The fraction of sp³-hybridized carbons (Fsp3) is 0.100. The molecule has 0 aliphatic carbocycles. The number of fused-ring (bicyclic) bond motifs is 10. The number of hydrogen-bond acceptors (Lipinski definition) is 1.